The van der Waals surface area contributed by atoms with Crippen molar-refractivity contribution in [2.75, 3.05) is 12.0 Å². The van der Waals surface area contributed by atoms with E-state index in [1.807, 2.05) is 36.6 Å². The fraction of sp³-hybridized carbons (Fsp3) is 0.467. The molecule has 0 aromatic heterocycles. The first-order valence-corrected chi connectivity index (χ1v) is 8.08. The highest BCUT2D eigenvalue weighted by atomic mass is 32.2. The summed E-state index contributed by atoms with van der Waals surface area (Å²) >= 11 is 1.58. The van der Waals surface area contributed by atoms with Crippen LogP contribution in [0.2, 0.25) is 0 Å². The second kappa shape index (κ2) is 6.31. The van der Waals surface area contributed by atoms with Crippen LogP contribution in [0.1, 0.15) is 24.8 Å². The molecule has 0 saturated heterocycles. The Bertz CT molecular complexity index is 485. The number of hydrogen-bond acceptors (Lipinski definition) is 3. The Balaban J connectivity index is 2.05. The van der Waals surface area contributed by atoms with E-state index in [0.717, 1.165) is 24.2 Å². The van der Waals surface area contributed by atoms with Crippen LogP contribution in [0, 0.1) is 0 Å². The maximum atomic E-state index is 12.4. The van der Waals surface area contributed by atoms with Crippen LogP contribution < -0.4 is 5.32 Å². The zero-order valence-corrected chi connectivity index (χ0v) is 12.3. The predicted molar refractivity (Wildman–Crippen MR) is 79.9 cm³/mol. The summed E-state index contributed by atoms with van der Waals surface area (Å²) in [5, 5.41) is 11.9. The Kier molecular flexibility index (Phi) is 4.70. The van der Waals surface area contributed by atoms with Gasteiger partial charge in [0.1, 0.15) is 6.04 Å². The van der Waals surface area contributed by atoms with Gasteiger partial charge in [0.2, 0.25) is 5.91 Å². The van der Waals surface area contributed by atoms with Crippen LogP contribution in [0.5, 0.6) is 0 Å². The molecule has 0 heterocycles. The molecule has 1 atom stereocenters. The van der Waals surface area contributed by atoms with Crippen molar-refractivity contribution in [2.45, 2.75) is 30.7 Å². The number of amides is 1. The van der Waals surface area contributed by atoms with E-state index in [-0.39, 0.29) is 5.91 Å². The minimum Gasteiger partial charge on any atom is -0.480 e. The van der Waals surface area contributed by atoms with Crippen LogP contribution in [-0.4, -0.2) is 35.0 Å². The lowest BCUT2D eigenvalue weighted by Crippen LogP contribution is -2.45. The highest BCUT2D eigenvalue weighted by Gasteiger charge is 2.51. The summed E-state index contributed by atoms with van der Waals surface area (Å²) in [5.41, 5.74) is 0.473. The molecule has 1 amide bonds. The molecule has 2 rings (SSSR count). The number of thioether (sulfide) groups is 1. The van der Waals surface area contributed by atoms with E-state index in [1.165, 1.54) is 0 Å². The van der Waals surface area contributed by atoms with Gasteiger partial charge in [-0.1, -0.05) is 30.3 Å². The minimum absolute atomic E-state index is 0.155. The third-order valence-corrected chi connectivity index (χ3v) is 4.37. The molecule has 0 radical (unpaired) electrons. The molecule has 0 spiro atoms. The Hall–Kier alpha value is -1.49. The van der Waals surface area contributed by atoms with Crippen molar-refractivity contribution in [2.24, 2.45) is 0 Å². The average molecular weight is 293 g/mol. The number of rotatable bonds is 7. The van der Waals surface area contributed by atoms with Crippen LogP contribution in [0.15, 0.2) is 30.3 Å². The molecule has 2 N–H and O–H groups in total. The zero-order valence-electron chi connectivity index (χ0n) is 11.5. The summed E-state index contributed by atoms with van der Waals surface area (Å²) in [4.78, 5) is 23.6. The molecule has 1 aliphatic rings. The lowest BCUT2D eigenvalue weighted by molar-refractivity contribution is -0.142. The summed E-state index contributed by atoms with van der Waals surface area (Å²) in [5.74, 6) is -0.399. The molecular weight excluding hydrogens is 274 g/mol. The van der Waals surface area contributed by atoms with Crippen LogP contribution in [0.3, 0.4) is 0 Å². The Morgan fingerprint density at radius 2 is 2.00 bits per heavy atom. The summed E-state index contributed by atoms with van der Waals surface area (Å²) in [6, 6.07) is 8.80. The number of hydrogen-bond donors (Lipinski definition) is 2. The van der Waals surface area contributed by atoms with Crippen molar-refractivity contribution in [1.82, 2.24) is 5.32 Å². The average Bonchev–Trinajstić information content (AvgIpc) is 3.25. The van der Waals surface area contributed by atoms with E-state index in [2.05, 4.69) is 5.32 Å². The molecule has 5 heteroatoms. The number of carbonyl (C=O) groups is 2. The number of carboxylic acids is 1. The van der Waals surface area contributed by atoms with Crippen LogP contribution >= 0.6 is 11.8 Å². The number of aliphatic carboxylic acids is 1. The van der Waals surface area contributed by atoms with Crippen LogP contribution in [0.4, 0.5) is 0 Å². The molecule has 20 heavy (non-hydrogen) atoms. The summed E-state index contributed by atoms with van der Waals surface area (Å²) in [6.07, 6.45) is 3.95. The first kappa shape index (κ1) is 14.9. The number of nitrogens with one attached hydrogen (secondary N) is 1. The predicted octanol–water partition coefficient (Wildman–Crippen LogP) is 2.04. The highest BCUT2D eigenvalue weighted by Crippen LogP contribution is 2.48. The van der Waals surface area contributed by atoms with E-state index in [1.54, 1.807) is 11.8 Å². The summed E-state index contributed by atoms with van der Waals surface area (Å²) < 4.78 is 0. The van der Waals surface area contributed by atoms with Gasteiger partial charge in [0.05, 0.1) is 5.41 Å². The van der Waals surface area contributed by atoms with Crippen molar-refractivity contribution in [3.05, 3.63) is 35.9 Å². The molecule has 0 bridgehead atoms. The molecule has 4 nitrogen and oxygen atoms in total. The third-order valence-electron chi connectivity index (χ3n) is 3.73. The van der Waals surface area contributed by atoms with Crippen LogP contribution in [-0.2, 0) is 15.0 Å². The molecule has 1 aliphatic carbocycles. The van der Waals surface area contributed by atoms with Gasteiger partial charge >= 0.3 is 5.97 Å². The second-order valence-corrected chi connectivity index (χ2v) is 6.08. The number of carbonyl (C=O) groups excluding carboxylic acids is 1. The standard InChI is InChI=1S/C15H19NO3S/c1-20-10-7-12(13(17)18)16-14(19)15(8-9-15)11-5-3-2-4-6-11/h2-6,12H,7-10H2,1H3,(H,16,19)(H,17,18)/t12-/m0/s1. The smallest absolute Gasteiger partial charge is 0.326 e. The maximum Gasteiger partial charge on any atom is 0.326 e. The number of carboxylic acid groups (broad SMARTS) is 1. The fourth-order valence-electron chi connectivity index (χ4n) is 2.32. The Morgan fingerprint density at radius 1 is 1.35 bits per heavy atom. The van der Waals surface area contributed by atoms with E-state index < -0.39 is 17.4 Å². The largest absolute Gasteiger partial charge is 0.480 e. The molecule has 1 aromatic carbocycles. The molecule has 0 unspecified atom stereocenters. The van der Waals surface area contributed by atoms with Crippen LogP contribution in [0.25, 0.3) is 0 Å². The summed E-state index contributed by atoms with van der Waals surface area (Å²) in [7, 11) is 0. The second-order valence-electron chi connectivity index (χ2n) is 5.09. The minimum atomic E-state index is -0.962. The first-order valence-electron chi connectivity index (χ1n) is 6.68. The van der Waals surface area contributed by atoms with Crippen molar-refractivity contribution < 1.29 is 14.7 Å². The fourth-order valence-corrected chi connectivity index (χ4v) is 2.79. The molecule has 108 valence electrons. The van der Waals surface area contributed by atoms with E-state index in [4.69, 9.17) is 0 Å². The molecule has 1 saturated carbocycles. The first-order chi connectivity index (χ1) is 9.60. The van der Waals surface area contributed by atoms with Crippen molar-refractivity contribution in [1.29, 1.82) is 0 Å². The van der Waals surface area contributed by atoms with E-state index in [0.29, 0.717) is 6.42 Å². The van der Waals surface area contributed by atoms with Gasteiger partial charge < -0.3 is 10.4 Å². The van der Waals surface area contributed by atoms with E-state index >= 15 is 0 Å². The van der Waals surface area contributed by atoms with Crippen molar-refractivity contribution in [3.63, 3.8) is 0 Å². The highest BCUT2D eigenvalue weighted by molar-refractivity contribution is 7.98. The van der Waals surface area contributed by atoms with Gasteiger partial charge in [0.25, 0.3) is 0 Å². The molecular formula is C15H19NO3S. The number of benzene rings is 1. The van der Waals surface area contributed by atoms with Gasteiger partial charge in [-0.3, -0.25) is 4.79 Å². The lowest BCUT2D eigenvalue weighted by Gasteiger charge is -2.20. The van der Waals surface area contributed by atoms with Gasteiger partial charge in [-0.15, -0.1) is 0 Å². The topological polar surface area (TPSA) is 66.4 Å². The monoisotopic (exact) mass is 293 g/mol. The van der Waals surface area contributed by atoms with Gasteiger partial charge in [0.15, 0.2) is 0 Å². The maximum absolute atomic E-state index is 12.4. The Morgan fingerprint density at radius 3 is 2.50 bits per heavy atom. The van der Waals surface area contributed by atoms with Crippen molar-refractivity contribution in [3.8, 4) is 0 Å². The summed E-state index contributed by atoms with van der Waals surface area (Å²) in [6.45, 7) is 0. The quantitative estimate of drug-likeness (QED) is 0.807. The third kappa shape index (κ3) is 3.15. The molecule has 0 aliphatic heterocycles. The molecule has 1 aromatic rings. The lowest BCUT2D eigenvalue weighted by atomic mass is 9.94. The van der Waals surface area contributed by atoms with Crippen molar-refractivity contribution >= 4 is 23.6 Å². The van der Waals surface area contributed by atoms with Gasteiger partial charge in [-0.2, -0.15) is 11.8 Å². The zero-order chi connectivity index (χ0) is 14.6. The SMILES string of the molecule is CSCC[C@H](NC(=O)C1(c2ccccc2)CC1)C(=O)O. The molecule has 1 fully saturated rings. The van der Waals surface area contributed by atoms with E-state index in [9.17, 15) is 14.7 Å². The van der Waals surface area contributed by atoms with Gasteiger partial charge in [-0.05, 0) is 36.8 Å². The Labute approximate surface area is 123 Å². The normalized spacial score (nSPS) is 17.2. The van der Waals surface area contributed by atoms with Gasteiger partial charge in [-0.25, -0.2) is 4.79 Å². The van der Waals surface area contributed by atoms with Gasteiger partial charge in [0, 0.05) is 0 Å².